The molecule has 0 aromatic carbocycles. The quantitative estimate of drug-likeness (QED) is 0.619. The first-order valence-electron chi connectivity index (χ1n) is 5.63. The summed E-state index contributed by atoms with van der Waals surface area (Å²) < 4.78 is 2.08. The number of aliphatic hydroxyl groups excluding tert-OH is 1. The molecule has 1 unspecified atom stereocenters. The van der Waals surface area contributed by atoms with Gasteiger partial charge < -0.3 is 20.1 Å². The fraction of sp³-hybridized carbons (Fsp3) is 0.727. The lowest BCUT2D eigenvalue weighted by molar-refractivity contribution is 0.00238. The van der Waals surface area contributed by atoms with Gasteiger partial charge in [0.05, 0.1) is 18.8 Å². The molecule has 0 saturated heterocycles. The molecule has 5 nitrogen and oxygen atoms in total. The zero-order valence-electron chi connectivity index (χ0n) is 9.98. The van der Waals surface area contributed by atoms with Crippen LogP contribution in [0.5, 0.6) is 0 Å². The third-order valence-corrected chi connectivity index (χ3v) is 2.40. The highest BCUT2D eigenvalue weighted by Crippen LogP contribution is 2.02. The standard InChI is InChI=1S/C11H21N3O2/c1-3-5-14-6-4-13-10(14)7-12-8-11(2,16)9-15/h4,6,12,15-16H,3,5,7-9H2,1-2H3. The lowest BCUT2D eigenvalue weighted by Crippen LogP contribution is -2.41. The number of nitrogens with one attached hydrogen (secondary N) is 1. The highest BCUT2D eigenvalue weighted by molar-refractivity contribution is 4.92. The number of aryl methyl sites for hydroxylation is 1. The number of nitrogens with zero attached hydrogens (tertiary/aromatic N) is 2. The summed E-state index contributed by atoms with van der Waals surface area (Å²) in [6.07, 6.45) is 4.79. The molecule has 1 rings (SSSR count). The van der Waals surface area contributed by atoms with Gasteiger partial charge in [-0.1, -0.05) is 6.92 Å². The van der Waals surface area contributed by atoms with E-state index in [4.69, 9.17) is 5.11 Å². The molecule has 1 aromatic heterocycles. The van der Waals surface area contributed by atoms with Gasteiger partial charge in [0.1, 0.15) is 5.82 Å². The van der Waals surface area contributed by atoms with Crippen molar-refractivity contribution in [3.63, 3.8) is 0 Å². The van der Waals surface area contributed by atoms with Gasteiger partial charge >= 0.3 is 0 Å². The molecule has 16 heavy (non-hydrogen) atoms. The Balaban J connectivity index is 2.39. The summed E-state index contributed by atoms with van der Waals surface area (Å²) in [5.74, 6) is 0.954. The van der Waals surface area contributed by atoms with Crippen molar-refractivity contribution in [2.75, 3.05) is 13.2 Å². The maximum absolute atomic E-state index is 9.58. The molecule has 0 spiro atoms. The van der Waals surface area contributed by atoms with Crippen molar-refractivity contribution in [2.24, 2.45) is 0 Å². The lowest BCUT2D eigenvalue weighted by atomic mass is 10.1. The summed E-state index contributed by atoms with van der Waals surface area (Å²) in [4.78, 5) is 4.24. The Kier molecular flexibility index (Phi) is 4.92. The molecule has 3 N–H and O–H groups in total. The van der Waals surface area contributed by atoms with Crippen LogP contribution >= 0.6 is 0 Å². The van der Waals surface area contributed by atoms with E-state index in [1.807, 2.05) is 6.20 Å². The van der Waals surface area contributed by atoms with E-state index in [0.717, 1.165) is 18.8 Å². The smallest absolute Gasteiger partial charge is 0.122 e. The number of rotatable bonds is 7. The number of aromatic nitrogens is 2. The zero-order valence-corrected chi connectivity index (χ0v) is 9.98. The van der Waals surface area contributed by atoms with E-state index < -0.39 is 5.60 Å². The third-order valence-electron chi connectivity index (χ3n) is 2.40. The van der Waals surface area contributed by atoms with Crippen LogP contribution in [0.25, 0.3) is 0 Å². The first kappa shape index (κ1) is 13.2. The van der Waals surface area contributed by atoms with Gasteiger partial charge in [0.2, 0.25) is 0 Å². The second-order valence-electron chi connectivity index (χ2n) is 4.30. The summed E-state index contributed by atoms with van der Waals surface area (Å²) in [5.41, 5.74) is -1.07. The van der Waals surface area contributed by atoms with E-state index >= 15 is 0 Å². The average Bonchev–Trinajstić information content (AvgIpc) is 2.66. The third kappa shape index (κ3) is 3.92. The lowest BCUT2D eigenvalue weighted by Gasteiger charge is -2.20. The van der Waals surface area contributed by atoms with Crippen molar-refractivity contribution in [1.82, 2.24) is 14.9 Å². The SMILES string of the molecule is CCCn1ccnc1CNCC(C)(O)CO. The van der Waals surface area contributed by atoms with Gasteiger partial charge in [-0.2, -0.15) is 0 Å². The van der Waals surface area contributed by atoms with Gasteiger partial charge in [0.25, 0.3) is 0 Å². The number of aliphatic hydroxyl groups is 2. The van der Waals surface area contributed by atoms with E-state index in [9.17, 15) is 5.11 Å². The summed E-state index contributed by atoms with van der Waals surface area (Å²) >= 11 is 0. The Labute approximate surface area is 96.1 Å². The molecule has 0 fully saturated rings. The molecule has 0 bridgehead atoms. The molecule has 92 valence electrons. The molecular formula is C11H21N3O2. The minimum Gasteiger partial charge on any atom is -0.393 e. The van der Waals surface area contributed by atoms with Gasteiger partial charge in [-0.25, -0.2) is 4.98 Å². The molecule has 0 radical (unpaired) electrons. The van der Waals surface area contributed by atoms with Crippen LogP contribution in [-0.4, -0.2) is 38.5 Å². The molecule has 0 amide bonds. The first-order chi connectivity index (χ1) is 7.59. The molecule has 0 aliphatic carbocycles. The van der Waals surface area contributed by atoms with Crippen LogP contribution in [0.3, 0.4) is 0 Å². The summed E-state index contributed by atoms with van der Waals surface area (Å²) in [6.45, 7) is 5.37. The number of hydrogen-bond donors (Lipinski definition) is 3. The predicted molar refractivity (Wildman–Crippen MR) is 61.9 cm³/mol. The zero-order chi connectivity index (χ0) is 12.0. The van der Waals surface area contributed by atoms with Crippen LogP contribution in [0.1, 0.15) is 26.1 Å². The molecule has 1 atom stereocenters. The van der Waals surface area contributed by atoms with Gasteiger partial charge in [0, 0.05) is 25.5 Å². The van der Waals surface area contributed by atoms with E-state index in [0.29, 0.717) is 13.1 Å². The van der Waals surface area contributed by atoms with Crippen molar-refractivity contribution in [3.05, 3.63) is 18.2 Å². The van der Waals surface area contributed by atoms with E-state index in [1.165, 1.54) is 0 Å². The number of hydrogen-bond acceptors (Lipinski definition) is 4. The number of imidazole rings is 1. The van der Waals surface area contributed by atoms with Crippen LogP contribution in [0.4, 0.5) is 0 Å². The summed E-state index contributed by atoms with van der Waals surface area (Å²) in [5, 5.41) is 21.5. The molecular weight excluding hydrogens is 206 g/mol. The van der Waals surface area contributed by atoms with Crippen molar-refractivity contribution in [3.8, 4) is 0 Å². The van der Waals surface area contributed by atoms with E-state index in [-0.39, 0.29) is 6.61 Å². The second kappa shape index (κ2) is 5.98. The molecule has 5 heteroatoms. The first-order valence-corrected chi connectivity index (χ1v) is 5.63. The van der Waals surface area contributed by atoms with Gasteiger partial charge in [-0.05, 0) is 13.3 Å². The highest BCUT2D eigenvalue weighted by atomic mass is 16.3. The normalized spacial score (nSPS) is 15.0. The van der Waals surface area contributed by atoms with Gasteiger partial charge in [-0.3, -0.25) is 0 Å². The Morgan fingerprint density at radius 2 is 2.31 bits per heavy atom. The Morgan fingerprint density at radius 1 is 1.56 bits per heavy atom. The minimum absolute atomic E-state index is 0.247. The fourth-order valence-corrected chi connectivity index (χ4v) is 1.45. The van der Waals surface area contributed by atoms with Crippen molar-refractivity contribution in [1.29, 1.82) is 0 Å². The molecule has 0 aliphatic heterocycles. The van der Waals surface area contributed by atoms with Gasteiger partial charge in [0.15, 0.2) is 0 Å². The van der Waals surface area contributed by atoms with Crippen molar-refractivity contribution < 1.29 is 10.2 Å². The fourth-order valence-electron chi connectivity index (χ4n) is 1.45. The average molecular weight is 227 g/mol. The largest absolute Gasteiger partial charge is 0.393 e. The van der Waals surface area contributed by atoms with Crippen LogP contribution in [0, 0.1) is 0 Å². The van der Waals surface area contributed by atoms with Crippen LogP contribution < -0.4 is 5.32 Å². The van der Waals surface area contributed by atoms with E-state index in [1.54, 1.807) is 13.1 Å². The van der Waals surface area contributed by atoms with E-state index in [2.05, 4.69) is 21.8 Å². The van der Waals surface area contributed by atoms with Gasteiger partial charge in [-0.15, -0.1) is 0 Å². The Morgan fingerprint density at radius 3 is 2.94 bits per heavy atom. The predicted octanol–water partition coefficient (Wildman–Crippen LogP) is 0.126. The maximum atomic E-state index is 9.58. The minimum atomic E-state index is -1.07. The summed E-state index contributed by atoms with van der Waals surface area (Å²) in [7, 11) is 0. The van der Waals surface area contributed by atoms with Crippen LogP contribution in [-0.2, 0) is 13.1 Å². The topological polar surface area (TPSA) is 70.3 Å². The summed E-state index contributed by atoms with van der Waals surface area (Å²) in [6, 6.07) is 0. The van der Waals surface area contributed by atoms with Crippen molar-refractivity contribution in [2.45, 2.75) is 39.0 Å². The maximum Gasteiger partial charge on any atom is 0.122 e. The molecule has 1 heterocycles. The molecule has 0 aliphatic rings. The van der Waals surface area contributed by atoms with Crippen LogP contribution in [0.15, 0.2) is 12.4 Å². The van der Waals surface area contributed by atoms with Crippen molar-refractivity contribution >= 4 is 0 Å². The van der Waals surface area contributed by atoms with Crippen LogP contribution in [0.2, 0.25) is 0 Å². The highest BCUT2D eigenvalue weighted by Gasteiger charge is 2.18. The Bertz CT molecular complexity index is 310. The second-order valence-corrected chi connectivity index (χ2v) is 4.30. The molecule has 1 aromatic rings. The monoisotopic (exact) mass is 227 g/mol. The Hall–Kier alpha value is -0.910. The molecule has 0 saturated carbocycles.